The number of ether oxygens (including phenoxy) is 1. The summed E-state index contributed by atoms with van der Waals surface area (Å²) in [4.78, 5) is 22.4. The summed E-state index contributed by atoms with van der Waals surface area (Å²) in [6, 6.07) is 0. The molecule has 0 radical (unpaired) electrons. The van der Waals surface area contributed by atoms with Crippen LogP contribution in [-0.2, 0) is 35.2 Å². The van der Waals surface area contributed by atoms with E-state index in [0.29, 0.717) is 36.9 Å². The van der Waals surface area contributed by atoms with E-state index in [-0.39, 0.29) is 5.88 Å². The molecule has 1 unspecified atom stereocenters. The summed E-state index contributed by atoms with van der Waals surface area (Å²) in [6.07, 6.45) is 16.9. The molecule has 11 fully saturated rings. The summed E-state index contributed by atoms with van der Waals surface area (Å²) in [5.74, 6) is 5.56. The normalized spacial score (nSPS) is 21.6. The van der Waals surface area contributed by atoms with Gasteiger partial charge in [0.05, 0.1) is 36.3 Å². The van der Waals surface area contributed by atoms with Gasteiger partial charge in [0.25, 0.3) is 0 Å². The van der Waals surface area contributed by atoms with Crippen LogP contribution in [0.3, 0.4) is 0 Å². The molecule has 23 heteroatoms. The number of hydrazine groups is 1. The lowest BCUT2D eigenvalue weighted by Crippen LogP contribution is -2.40. The number of thioether (sulfide) groups is 1. The fourth-order valence-electron chi connectivity index (χ4n) is 8.74. The van der Waals surface area contributed by atoms with E-state index >= 15 is 0 Å². The van der Waals surface area contributed by atoms with Gasteiger partial charge in [0.1, 0.15) is 5.88 Å². The highest BCUT2D eigenvalue weighted by molar-refractivity contribution is 7.99. The van der Waals surface area contributed by atoms with Crippen molar-refractivity contribution in [1.82, 2.24) is 64.8 Å². The number of hydrogen-bond donors (Lipinski definition) is 2. The second-order valence-corrected chi connectivity index (χ2v) is 30.4. The average Bonchev–Trinajstić information content (AvgIpc) is 1.48. The second kappa shape index (κ2) is 103. The van der Waals surface area contributed by atoms with Gasteiger partial charge < -0.3 is 49.3 Å². The van der Waals surface area contributed by atoms with Crippen molar-refractivity contribution < 1.29 is 25.8 Å². The van der Waals surface area contributed by atoms with Crippen molar-refractivity contribution in [3.05, 3.63) is 0 Å². The molecule has 0 aromatic heterocycles. The van der Waals surface area contributed by atoms with Crippen molar-refractivity contribution in [2.45, 2.75) is 229 Å². The van der Waals surface area contributed by atoms with Crippen LogP contribution < -0.4 is 10.7 Å². The first-order valence-corrected chi connectivity index (χ1v) is 47.3. The third-order valence-corrected chi connectivity index (χ3v) is 20.3. The maximum absolute atomic E-state index is 10.8. The lowest BCUT2D eigenvalue weighted by Gasteiger charge is -2.24. The van der Waals surface area contributed by atoms with E-state index in [9.17, 15) is 21.0 Å². The number of morpholine rings is 1. The molecule has 0 amide bonds. The number of sulfone groups is 2. The summed E-state index contributed by atoms with van der Waals surface area (Å²) in [5.41, 5.74) is 3.22. The number of nitrogens with one attached hydrogen (secondary N) is 2. The zero-order valence-electron chi connectivity index (χ0n) is 74.1. The van der Waals surface area contributed by atoms with Crippen LogP contribution in [0.1, 0.15) is 229 Å². The molecule has 1 atom stereocenters. The van der Waals surface area contributed by atoms with Gasteiger partial charge in [-0.25, -0.2) is 21.8 Å². The van der Waals surface area contributed by atoms with Crippen LogP contribution in [0.25, 0.3) is 0 Å². The number of piperidine rings is 1. The Bertz CT molecular complexity index is 1510. The number of likely N-dealkylation sites (N-methyl/N-ethyl adjacent to an activating group) is 2. The van der Waals surface area contributed by atoms with E-state index in [4.69, 9.17) is 4.74 Å². The first-order chi connectivity index (χ1) is 48.1. The fraction of sp³-hybridized carbons (Fsp3) is 1.00. The molecule has 11 saturated heterocycles. The molecular weight excluding hydrogens is 1330 g/mol. The lowest BCUT2D eigenvalue weighted by molar-refractivity contribution is 0.0503. The van der Waals surface area contributed by atoms with Crippen molar-refractivity contribution in [2.24, 2.45) is 0 Å². The molecule has 0 saturated carbocycles. The van der Waals surface area contributed by atoms with Crippen LogP contribution >= 0.6 is 11.8 Å². The van der Waals surface area contributed by atoms with Gasteiger partial charge in [0.2, 0.25) is 0 Å². The lowest BCUT2D eigenvalue weighted by atomic mass is 10.1. The number of rotatable bonds is 0. The van der Waals surface area contributed by atoms with Gasteiger partial charge in [-0.2, -0.15) is 11.8 Å². The first kappa shape index (κ1) is 124. The third-order valence-electron chi connectivity index (χ3n) is 14.8. The molecule has 0 aliphatic carbocycles. The SMILES string of the molecule is CC.CC.CC.CC.CC.CC.CC.CC.CC.CC.CC.CN1CCC1.CN1CCCC1.CN1CCCCC1.CN1CCCCCC1.CN1CCCCN1.CN1CCNCC1.CN1CCOCC1.CN1CCS(=O)(=O)C1.CN1CCS(=O)(=O)CC1.CN1CCS(=O)C1.CN1CCSCC1. The van der Waals surface area contributed by atoms with Gasteiger partial charge in [-0.1, -0.05) is 172 Å². The molecule has 622 valence electrons. The van der Waals surface area contributed by atoms with Gasteiger partial charge in [-0.3, -0.25) is 19.4 Å². The van der Waals surface area contributed by atoms with Crippen LogP contribution in [0.2, 0.25) is 0 Å². The van der Waals surface area contributed by atoms with Gasteiger partial charge in [-0.15, -0.1) is 0 Å². The molecule has 19 nitrogen and oxygen atoms in total. The van der Waals surface area contributed by atoms with Crippen LogP contribution in [0.4, 0.5) is 0 Å². The van der Waals surface area contributed by atoms with Crippen molar-refractivity contribution in [2.75, 3.05) is 281 Å². The topological polar surface area (TPSA) is 154 Å². The van der Waals surface area contributed by atoms with E-state index in [1.807, 2.05) is 178 Å². The molecule has 0 bridgehead atoms. The standard InChI is InChI=1S/C7H15N.C6H13N.2C5H12N2.C5H11NO2S.C5H11NO.C5H11NS.C5H11N.C4H9NO2S.C4H9NOS.C4H9N.11C2H6/c1-8-6-4-2-3-5-7-8;1-7-5-3-2-4-6-7;1-7-4-2-6-3-5-7;1-7-5-3-2-4-6-7;1-6-2-4-9(7,8)5-3-6;2*1-6-2-4-7-5-3-6;1-6-4-2-3-5-6;1-5-2-3-8(6,7)4-5;1-5-2-3-7(6)4-5;1-5-3-2-4-5;11*1-2/h2-7H2,1H3;2-6H2,1H3;2*6H,2-5H2,1H3;2-5H2,1H3;2*2-5H2,1H3;2-5H2,1H3;2-4H2,1H3;2-4H2,1H3;2-4H2,1H3;11*1-2H3. The largest absolute Gasteiger partial charge is 0.379 e. The van der Waals surface area contributed by atoms with Crippen molar-refractivity contribution in [1.29, 1.82) is 0 Å². The summed E-state index contributed by atoms with van der Waals surface area (Å²) in [7, 11) is 17.1. The van der Waals surface area contributed by atoms with E-state index in [1.165, 1.54) is 174 Å². The molecule has 11 rings (SSSR count). The highest BCUT2D eigenvalue weighted by Crippen LogP contribution is 2.08. The van der Waals surface area contributed by atoms with Gasteiger partial charge in [0, 0.05) is 127 Å². The number of likely N-dealkylation sites (tertiary alicyclic amines) is 4. The summed E-state index contributed by atoms with van der Waals surface area (Å²) in [5, 5.41) is 5.42. The minimum Gasteiger partial charge on any atom is -0.379 e. The highest BCUT2D eigenvalue weighted by Gasteiger charge is 2.22. The molecular formula is C77H189N13O6S4. The molecule has 0 aromatic rings. The van der Waals surface area contributed by atoms with Crippen LogP contribution in [-0.4, -0.2) is 356 Å². The van der Waals surface area contributed by atoms with E-state index in [1.54, 1.807) is 4.90 Å². The molecule has 100 heavy (non-hydrogen) atoms. The predicted molar refractivity (Wildman–Crippen MR) is 462 cm³/mol. The van der Waals surface area contributed by atoms with Crippen LogP contribution in [0.15, 0.2) is 0 Å². The Hall–Kier alpha value is -0.160. The number of piperazine rings is 1. The minimum atomic E-state index is -2.67. The minimum absolute atomic E-state index is 0.243. The molecule has 11 aliphatic rings. The molecule has 0 aromatic carbocycles. The quantitative estimate of drug-likeness (QED) is 0.236. The van der Waals surface area contributed by atoms with Crippen LogP contribution in [0.5, 0.6) is 0 Å². The van der Waals surface area contributed by atoms with Gasteiger partial charge in [0.15, 0.2) is 19.7 Å². The summed E-state index contributed by atoms with van der Waals surface area (Å²) in [6.45, 7) is 71.4. The number of hydrogen-bond acceptors (Lipinski definition) is 20. The highest BCUT2D eigenvalue weighted by atomic mass is 32.2. The Labute approximate surface area is 639 Å². The first-order valence-electron chi connectivity index (χ1n) is 41.1. The van der Waals surface area contributed by atoms with Crippen LogP contribution in [0, 0.1) is 0 Å². The molecule has 0 spiro atoms. The zero-order valence-corrected chi connectivity index (χ0v) is 77.4. The fourth-order valence-corrected chi connectivity index (χ4v) is 14.0. The zero-order chi connectivity index (χ0) is 79.9. The Morgan fingerprint density at radius 1 is 0.300 bits per heavy atom. The molecule has 11 aliphatic heterocycles. The summed E-state index contributed by atoms with van der Waals surface area (Å²) >= 11 is 2.06. The van der Waals surface area contributed by atoms with E-state index in [0.717, 1.165) is 64.1 Å². The summed E-state index contributed by atoms with van der Waals surface area (Å²) < 4.78 is 58.4. The third kappa shape index (κ3) is 104. The van der Waals surface area contributed by atoms with E-state index in [2.05, 4.69) is 123 Å². The molecule has 2 N–H and O–H groups in total. The smallest absolute Gasteiger partial charge is 0.164 e. The maximum atomic E-state index is 10.8. The second-order valence-electron chi connectivity index (χ2n) is 23.1. The predicted octanol–water partition coefficient (Wildman–Crippen LogP) is 13.6. The molecule has 11 heterocycles. The number of nitrogens with zero attached hydrogens (tertiary/aromatic N) is 11. The Morgan fingerprint density at radius 3 is 0.780 bits per heavy atom. The average molecular weight is 1520 g/mol. The van der Waals surface area contributed by atoms with Gasteiger partial charge >= 0.3 is 0 Å². The monoisotopic (exact) mass is 1520 g/mol. The van der Waals surface area contributed by atoms with Crippen molar-refractivity contribution in [3.8, 4) is 0 Å². The van der Waals surface area contributed by atoms with Gasteiger partial charge in [-0.05, 0) is 181 Å². The van der Waals surface area contributed by atoms with E-state index < -0.39 is 30.5 Å². The Morgan fingerprint density at radius 2 is 0.600 bits per heavy atom. The maximum Gasteiger partial charge on any atom is 0.164 e. The van der Waals surface area contributed by atoms with Crippen molar-refractivity contribution >= 4 is 42.2 Å². The Kier molecular flexibility index (Phi) is 127. The van der Waals surface area contributed by atoms with Crippen molar-refractivity contribution in [3.63, 3.8) is 0 Å². The Balaban J connectivity index is -0.0000000943.